The van der Waals surface area contributed by atoms with Gasteiger partial charge in [0.05, 0.1) is 19.9 Å². The van der Waals surface area contributed by atoms with Gasteiger partial charge < -0.3 is 14.2 Å². The molecule has 0 saturated heterocycles. The summed E-state index contributed by atoms with van der Waals surface area (Å²) in [6.45, 7) is 3.70. The molecule has 3 rings (SSSR count). The third-order valence-corrected chi connectivity index (χ3v) is 4.88. The maximum atomic E-state index is 12.4. The van der Waals surface area contributed by atoms with E-state index in [-0.39, 0.29) is 5.91 Å². The summed E-state index contributed by atoms with van der Waals surface area (Å²) < 4.78 is 16.4. The molecule has 1 unspecified atom stereocenters. The Morgan fingerprint density at radius 2 is 1.79 bits per heavy atom. The first kappa shape index (κ1) is 19.7. The molecule has 28 heavy (non-hydrogen) atoms. The lowest BCUT2D eigenvalue weighted by Gasteiger charge is -2.13. The second-order valence-electron chi connectivity index (χ2n) is 6.17. The lowest BCUT2D eigenvalue weighted by Crippen LogP contribution is -2.30. The zero-order valence-electron chi connectivity index (χ0n) is 16.2. The summed E-state index contributed by atoms with van der Waals surface area (Å²) in [4.78, 5) is 16.9. The summed E-state index contributed by atoms with van der Waals surface area (Å²) >= 11 is 1.34. The van der Waals surface area contributed by atoms with Crippen molar-refractivity contribution in [1.29, 1.82) is 0 Å². The summed E-state index contributed by atoms with van der Waals surface area (Å²) in [7, 11) is 3.21. The molecule has 0 fully saturated rings. The molecule has 1 aromatic heterocycles. The van der Waals surface area contributed by atoms with Crippen LogP contribution in [-0.4, -0.2) is 31.2 Å². The summed E-state index contributed by atoms with van der Waals surface area (Å²) in [5.41, 5.74) is 2.62. The van der Waals surface area contributed by atoms with Crippen LogP contribution in [-0.2, 0) is 4.79 Å². The van der Waals surface area contributed by atoms with Gasteiger partial charge in [-0.25, -0.2) is 4.98 Å². The minimum atomic E-state index is -0.651. The first-order valence-electron chi connectivity index (χ1n) is 8.72. The van der Waals surface area contributed by atoms with Crippen LogP contribution >= 0.6 is 11.3 Å². The van der Waals surface area contributed by atoms with Gasteiger partial charge in [0, 0.05) is 10.9 Å². The average molecular weight is 398 g/mol. The monoisotopic (exact) mass is 398 g/mol. The Morgan fingerprint density at radius 1 is 1.07 bits per heavy atom. The van der Waals surface area contributed by atoms with Crippen molar-refractivity contribution in [1.82, 2.24) is 4.98 Å². The summed E-state index contributed by atoms with van der Waals surface area (Å²) in [5.74, 6) is 1.77. The van der Waals surface area contributed by atoms with Gasteiger partial charge in [-0.1, -0.05) is 17.7 Å². The molecule has 0 aliphatic heterocycles. The SMILES string of the molecule is COc1ccc(OC)c(-c2csc(NC(=O)C(C)Oc3ccc(C)cc3)n2)c1. The number of amides is 1. The van der Waals surface area contributed by atoms with E-state index < -0.39 is 6.10 Å². The summed E-state index contributed by atoms with van der Waals surface area (Å²) in [5, 5.41) is 5.15. The number of hydrogen-bond acceptors (Lipinski definition) is 6. The molecular weight excluding hydrogens is 376 g/mol. The molecule has 0 aliphatic carbocycles. The number of aryl methyl sites for hydroxylation is 1. The van der Waals surface area contributed by atoms with Gasteiger partial charge in [-0.2, -0.15) is 0 Å². The minimum Gasteiger partial charge on any atom is -0.497 e. The van der Waals surface area contributed by atoms with E-state index in [4.69, 9.17) is 14.2 Å². The van der Waals surface area contributed by atoms with E-state index in [0.29, 0.717) is 28.1 Å². The van der Waals surface area contributed by atoms with Crippen molar-refractivity contribution < 1.29 is 19.0 Å². The first-order valence-corrected chi connectivity index (χ1v) is 9.60. The predicted octanol–water partition coefficient (Wildman–Crippen LogP) is 4.54. The van der Waals surface area contributed by atoms with Gasteiger partial charge in [0.15, 0.2) is 11.2 Å². The molecule has 2 aromatic carbocycles. The fourth-order valence-electron chi connectivity index (χ4n) is 2.55. The molecule has 1 amide bonds. The number of aromatic nitrogens is 1. The van der Waals surface area contributed by atoms with Crippen LogP contribution < -0.4 is 19.5 Å². The van der Waals surface area contributed by atoms with Gasteiger partial charge in [0.2, 0.25) is 0 Å². The van der Waals surface area contributed by atoms with Crippen LogP contribution in [0.4, 0.5) is 5.13 Å². The van der Waals surface area contributed by atoms with Crippen LogP contribution in [0.15, 0.2) is 47.8 Å². The van der Waals surface area contributed by atoms with E-state index in [2.05, 4.69) is 10.3 Å². The predicted molar refractivity (Wildman–Crippen MR) is 111 cm³/mol. The number of nitrogens with one attached hydrogen (secondary N) is 1. The minimum absolute atomic E-state index is 0.265. The number of carbonyl (C=O) groups excluding carboxylic acids is 1. The highest BCUT2D eigenvalue weighted by molar-refractivity contribution is 7.14. The highest BCUT2D eigenvalue weighted by Gasteiger charge is 2.18. The Labute approximate surface area is 168 Å². The number of benzene rings is 2. The summed E-state index contributed by atoms with van der Waals surface area (Å²) in [6.07, 6.45) is -0.651. The highest BCUT2D eigenvalue weighted by atomic mass is 32.1. The van der Waals surface area contributed by atoms with E-state index in [0.717, 1.165) is 11.1 Å². The van der Waals surface area contributed by atoms with Crippen LogP contribution in [0.1, 0.15) is 12.5 Å². The van der Waals surface area contributed by atoms with Crippen molar-refractivity contribution in [2.75, 3.05) is 19.5 Å². The Morgan fingerprint density at radius 3 is 2.46 bits per heavy atom. The normalized spacial score (nSPS) is 11.6. The number of nitrogens with zero attached hydrogens (tertiary/aromatic N) is 1. The highest BCUT2D eigenvalue weighted by Crippen LogP contribution is 2.35. The van der Waals surface area contributed by atoms with E-state index in [9.17, 15) is 4.79 Å². The third kappa shape index (κ3) is 4.61. The van der Waals surface area contributed by atoms with Crippen LogP contribution in [0.2, 0.25) is 0 Å². The molecule has 1 heterocycles. The Kier molecular flexibility index (Phi) is 6.16. The maximum Gasteiger partial charge on any atom is 0.266 e. The van der Waals surface area contributed by atoms with Crippen molar-refractivity contribution in [2.24, 2.45) is 0 Å². The molecule has 0 bridgehead atoms. The molecule has 1 N–H and O–H groups in total. The quantitative estimate of drug-likeness (QED) is 0.633. The van der Waals surface area contributed by atoms with Crippen molar-refractivity contribution in [3.63, 3.8) is 0 Å². The number of hydrogen-bond donors (Lipinski definition) is 1. The van der Waals surface area contributed by atoms with Crippen LogP contribution in [0.25, 0.3) is 11.3 Å². The van der Waals surface area contributed by atoms with Gasteiger partial charge in [-0.15, -0.1) is 11.3 Å². The fraction of sp³-hybridized carbons (Fsp3) is 0.238. The molecule has 0 aliphatic rings. The largest absolute Gasteiger partial charge is 0.497 e. The Balaban J connectivity index is 1.70. The van der Waals surface area contributed by atoms with E-state index >= 15 is 0 Å². The topological polar surface area (TPSA) is 69.7 Å². The van der Waals surface area contributed by atoms with E-state index in [1.807, 2.05) is 54.8 Å². The smallest absolute Gasteiger partial charge is 0.266 e. The Hall–Kier alpha value is -3.06. The van der Waals surface area contributed by atoms with Gasteiger partial charge in [0.25, 0.3) is 5.91 Å². The molecule has 6 nitrogen and oxygen atoms in total. The lowest BCUT2D eigenvalue weighted by atomic mass is 10.1. The standard InChI is InChI=1S/C21H22N2O4S/c1-13-5-7-15(8-6-13)27-14(2)20(24)23-21-22-18(12-28-21)17-11-16(25-3)9-10-19(17)26-4/h5-12,14H,1-4H3,(H,22,23,24). The van der Waals surface area contributed by atoms with Crippen molar-refractivity contribution >= 4 is 22.4 Å². The van der Waals surface area contributed by atoms with Gasteiger partial charge >= 0.3 is 0 Å². The van der Waals surface area contributed by atoms with Crippen molar-refractivity contribution in [3.8, 4) is 28.5 Å². The molecule has 3 aromatic rings. The zero-order chi connectivity index (χ0) is 20.1. The van der Waals surface area contributed by atoms with Gasteiger partial charge in [0.1, 0.15) is 17.2 Å². The van der Waals surface area contributed by atoms with Crippen molar-refractivity contribution in [3.05, 3.63) is 53.4 Å². The third-order valence-electron chi connectivity index (χ3n) is 4.12. The van der Waals surface area contributed by atoms with E-state index in [1.54, 1.807) is 21.1 Å². The zero-order valence-corrected chi connectivity index (χ0v) is 17.0. The Bertz CT molecular complexity index is 953. The maximum absolute atomic E-state index is 12.4. The van der Waals surface area contributed by atoms with Crippen molar-refractivity contribution in [2.45, 2.75) is 20.0 Å². The van der Waals surface area contributed by atoms with Gasteiger partial charge in [-0.3, -0.25) is 10.1 Å². The number of carbonyl (C=O) groups is 1. The summed E-state index contributed by atoms with van der Waals surface area (Å²) in [6, 6.07) is 13.1. The molecule has 0 saturated carbocycles. The van der Waals surface area contributed by atoms with Crippen LogP contribution in [0, 0.1) is 6.92 Å². The molecule has 146 valence electrons. The molecular formula is C21H22N2O4S. The first-order chi connectivity index (χ1) is 13.5. The molecule has 0 spiro atoms. The molecule has 7 heteroatoms. The fourth-order valence-corrected chi connectivity index (χ4v) is 3.26. The van der Waals surface area contributed by atoms with Crippen LogP contribution in [0.3, 0.4) is 0 Å². The van der Waals surface area contributed by atoms with Gasteiger partial charge in [-0.05, 0) is 44.2 Å². The second-order valence-corrected chi connectivity index (χ2v) is 7.02. The second kappa shape index (κ2) is 8.75. The number of methoxy groups -OCH3 is 2. The van der Waals surface area contributed by atoms with E-state index in [1.165, 1.54) is 11.3 Å². The number of anilines is 1. The van der Waals surface area contributed by atoms with Crippen LogP contribution in [0.5, 0.6) is 17.2 Å². The lowest BCUT2D eigenvalue weighted by molar-refractivity contribution is -0.122. The molecule has 1 atom stereocenters. The number of thiazole rings is 1. The molecule has 0 radical (unpaired) electrons. The number of rotatable bonds is 7. The number of ether oxygens (including phenoxy) is 3. The average Bonchev–Trinajstić information content (AvgIpc) is 3.17.